The van der Waals surface area contributed by atoms with Crippen LogP contribution in [-0.2, 0) is 4.79 Å². The Bertz CT molecular complexity index is 1240. The minimum Gasteiger partial charge on any atom is -0.387 e. The van der Waals surface area contributed by atoms with E-state index in [2.05, 4.69) is 25.4 Å². The van der Waals surface area contributed by atoms with Gasteiger partial charge in [-0.15, -0.1) is 0 Å². The maximum absolute atomic E-state index is 12.1. The molecule has 0 aliphatic heterocycles. The van der Waals surface area contributed by atoms with Gasteiger partial charge in [0.2, 0.25) is 5.91 Å². The molecule has 0 radical (unpaired) electrons. The molecule has 1 aliphatic rings. The van der Waals surface area contributed by atoms with Crippen LogP contribution in [0.3, 0.4) is 0 Å². The fourth-order valence-electron chi connectivity index (χ4n) is 3.40. The van der Waals surface area contributed by atoms with Crippen LogP contribution in [0.25, 0.3) is 27.1 Å². The molecule has 4 aromatic heterocycles. The molecular formula is C20H20N6O2S. The number of hydrogen-bond donors (Lipinski definition) is 2. The number of nitrogens with zero attached hydrogens (tertiary/aromatic N) is 5. The first-order valence-electron chi connectivity index (χ1n) is 9.64. The van der Waals surface area contributed by atoms with Crippen molar-refractivity contribution in [1.82, 2.24) is 24.6 Å². The third-order valence-corrected chi connectivity index (χ3v) is 6.19. The summed E-state index contributed by atoms with van der Waals surface area (Å²) in [6, 6.07) is 3.87. The Morgan fingerprint density at radius 1 is 1.34 bits per heavy atom. The van der Waals surface area contributed by atoms with E-state index < -0.39 is 6.10 Å². The maximum atomic E-state index is 12.1. The number of aromatic nitrogens is 5. The first-order valence-corrected chi connectivity index (χ1v) is 10.5. The first kappa shape index (κ1) is 18.1. The summed E-state index contributed by atoms with van der Waals surface area (Å²) in [4.78, 5) is 26.4. The molecular weight excluding hydrogens is 388 g/mol. The molecule has 2 N–H and O–H groups in total. The number of thiazole rings is 1. The van der Waals surface area contributed by atoms with Gasteiger partial charge in [-0.25, -0.2) is 14.5 Å². The molecule has 4 heterocycles. The van der Waals surface area contributed by atoms with Gasteiger partial charge in [-0.2, -0.15) is 5.10 Å². The summed E-state index contributed by atoms with van der Waals surface area (Å²) in [7, 11) is 0. The Hall–Kier alpha value is -2.91. The second kappa shape index (κ2) is 6.85. The second-order valence-corrected chi connectivity index (χ2v) is 8.35. The largest absolute Gasteiger partial charge is 0.387 e. The van der Waals surface area contributed by atoms with Crippen molar-refractivity contribution in [3.63, 3.8) is 0 Å². The van der Waals surface area contributed by atoms with Crippen molar-refractivity contribution in [1.29, 1.82) is 0 Å². The number of hydrogen-bond acceptors (Lipinski definition) is 7. The van der Waals surface area contributed by atoms with E-state index in [-0.39, 0.29) is 11.8 Å². The van der Waals surface area contributed by atoms with Gasteiger partial charge in [-0.1, -0.05) is 18.3 Å². The minimum absolute atomic E-state index is 0.0317. The predicted octanol–water partition coefficient (Wildman–Crippen LogP) is 3.50. The van der Waals surface area contributed by atoms with Crippen molar-refractivity contribution in [2.75, 3.05) is 5.32 Å². The number of pyridine rings is 2. The fraction of sp³-hybridized carbons (Fsp3) is 0.350. The van der Waals surface area contributed by atoms with Gasteiger partial charge in [0.05, 0.1) is 11.8 Å². The van der Waals surface area contributed by atoms with E-state index in [1.165, 1.54) is 17.7 Å². The summed E-state index contributed by atoms with van der Waals surface area (Å²) in [5, 5.41) is 17.9. The molecule has 0 bridgehead atoms. The predicted molar refractivity (Wildman–Crippen MR) is 111 cm³/mol. The Morgan fingerprint density at radius 3 is 2.90 bits per heavy atom. The van der Waals surface area contributed by atoms with Gasteiger partial charge in [0.15, 0.2) is 10.8 Å². The van der Waals surface area contributed by atoms with Crippen LogP contribution in [0.15, 0.2) is 24.7 Å². The highest BCUT2D eigenvalue weighted by atomic mass is 32.1. The van der Waals surface area contributed by atoms with Crippen LogP contribution in [-0.4, -0.2) is 35.6 Å². The lowest BCUT2D eigenvalue weighted by Gasteiger charge is -2.12. The van der Waals surface area contributed by atoms with E-state index in [9.17, 15) is 9.90 Å². The Kier molecular flexibility index (Phi) is 4.29. The standard InChI is InChI=1S/C20H20N6O2S/c1-3-16(27)14-6-10(2)13(8-21-14)12-7-15-19(26-17(12)22-9-23-26)29-20(24-15)25-18(28)11-4-5-11/h6-9,11,16,27H,3-5H2,1-2H3,(H,24,25,28)/t16-/m1/s1. The summed E-state index contributed by atoms with van der Waals surface area (Å²) >= 11 is 1.39. The van der Waals surface area contributed by atoms with Crippen molar-refractivity contribution in [2.24, 2.45) is 5.92 Å². The molecule has 148 valence electrons. The lowest BCUT2D eigenvalue weighted by Crippen LogP contribution is -2.12. The van der Waals surface area contributed by atoms with Crippen LogP contribution in [0.5, 0.6) is 0 Å². The van der Waals surface area contributed by atoms with E-state index in [4.69, 9.17) is 0 Å². The van der Waals surface area contributed by atoms with Crippen molar-refractivity contribution in [2.45, 2.75) is 39.2 Å². The highest BCUT2D eigenvalue weighted by Gasteiger charge is 2.30. The van der Waals surface area contributed by atoms with Crippen molar-refractivity contribution in [3.05, 3.63) is 35.9 Å². The Morgan fingerprint density at radius 2 is 2.17 bits per heavy atom. The highest BCUT2D eigenvalue weighted by Crippen LogP contribution is 2.35. The number of amides is 1. The van der Waals surface area contributed by atoms with Crippen LogP contribution in [0.4, 0.5) is 5.13 Å². The van der Waals surface area contributed by atoms with E-state index >= 15 is 0 Å². The van der Waals surface area contributed by atoms with E-state index in [1.54, 1.807) is 10.7 Å². The average molecular weight is 408 g/mol. The van der Waals surface area contributed by atoms with Crippen molar-refractivity contribution < 1.29 is 9.90 Å². The molecule has 0 spiro atoms. The topological polar surface area (TPSA) is 105 Å². The first-order chi connectivity index (χ1) is 14.0. The molecule has 0 saturated heterocycles. The smallest absolute Gasteiger partial charge is 0.229 e. The summed E-state index contributed by atoms with van der Waals surface area (Å²) in [5.74, 6) is 0.152. The maximum Gasteiger partial charge on any atom is 0.229 e. The molecule has 1 saturated carbocycles. The normalized spacial score (nSPS) is 15.1. The Balaban J connectivity index is 1.62. The molecule has 1 aliphatic carbocycles. The van der Waals surface area contributed by atoms with Gasteiger partial charge in [-0.3, -0.25) is 9.78 Å². The third kappa shape index (κ3) is 3.16. The van der Waals surface area contributed by atoms with Gasteiger partial charge in [0.1, 0.15) is 16.7 Å². The monoisotopic (exact) mass is 408 g/mol. The summed E-state index contributed by atoms with van der Waals surface area (Å²) < 4.78 is 1.75. The highest BCUT2D eigenvalue weighted by molar-refractivity contribution is 7.22. The number of aliphatic hydroxyl groups is 1. The lowest BCUT2D eigenvalue weighted by molar-refractivity contribution is -0.117. The van der Waals surface area contributed by atoms with Crippen LogP contribution in [0, 0.1) is 12.8 Å². The van der Waals surface area contributed by atoms with Gasteiger partial charge >= 0.3 is 0 Å². The van der Waals surface area contributed by atoms with Gasteiger partial charge < -0.3 is 10.4 Å². The molecule has 9 heteroatoms. The van der Waals surface area contributed by atoms with Crippen LogP contribution >= 0.6 is 11.3 Å². The van der Waals surface area contributed by atoms with Gasteiger partial charge in [0, 0.05) is 23.2 Å². The van der Waals surface area contributed by atoms with Crippen LogP contribution < -0.4 is 5.32 Å². The molecule has 8 nitrogen and oxygen atoms in total. The van der Waals surface area contributed by atoms with Crippen molar-refractivity contribution >= 4 is 38.4 Å². The SMILES string of the molecule is CC[C@@H](O)c1cc(C)c(-c2cc3nc(NC(=O)C4CC4)sc3n3ncnc23)cn1. The molecule has 5 rings (SSSR count). The summed E-state index contributed by atoms with van der Waals surface area (Å²) in [6.45, 7) is 3.91. The number of nitrogens with one attached hydrogen (secondary N) is 1. The zero-order chi connectivity index (χ0) is 20.1. The number of aryl methyl sites for hydroxylation is 1. The number of carbonyl (C=O) groups is 1. The van der Waals surface area contributed by atoms with Gasteiger partial charge in [0.25, 0.3) is 0 Å². The van der Waals surface area contributed by atoms with Crippen molar-refractivity contribution in [3.8, 4) is 11.1 Å². The van der Waals surface area contributed by atoms with Crippen LogP contribution in [0.1, 0.15) is 43.5 Å². The molecule has 0 unspecified atom stereocenters. The summed E-state index contributed by atoms with van der Waals surface area (Å²) in [6.07, 6.45) is 5.21. The fourth-order valence-corrected chi connectivity index (χ4v) is 4.31. The lowest BCUT2D eigenvalue weighted by atomic mass is 10.0. The molecule has 1 atom stereocenters. The molecule has 1 amide bonds. The molecule has 4 aromatic rings. The molecule has 1 fully saturated rings. The number of anilines is 1. The number of rotatable bonds is 5. The zero-order valence-electron chi connectivity index (χ0n) is 16.1. The average Bonchev–Trinajstić information content (AvgIpc) is 3.31. The van der Waals surface area contributed by atoms with E-state index in [1.807, 2.05) is 26.0 Å². The number of fused-ring (bicyclic) bond motifs is 3. The minimum atomic E-state index is -0.575. The van der Waals surface area contributed by atoms with Crippen LogP contribution in [0.2, 0.25) is 0 Å². The quantitative estimate of drug-likeness (QED) is 0.524. The van der Waals surface area contributed by atoms with E-state index in [0.717, 1.165) is 39.9 Å². The van der Waals surface area contributed by atoms with E-state index in [0.29, 0.717) is 22.9 Å². The molecule has 29 heavy (non-hydrogen) atoms. The number of aliphatic hydroxyl groups excluding tert-OH is 1. The van der Waals surface area contributed by atoms with Gasteiger partial charge in [-0.05, 0) is 43.9 Å². The number of carbonyl (C=O) groups excluding carboxylic acids is 1. The molecule has 0 aromatic carbocycles. The summed E-state index contributed by atoms with van der Waals surface area (Å²) in [5.41, 5.74) is 4.87. The zero-order valence-corrected chi connectivity index (χ0v) is 16.9. The Labute approximate surface area is 170 Å². The second-order valence-electron chi connectivity index (χ2n) is 7.37. The third-order valence-electron chi connectivity index (χ3n) is 5.23.